The van der Waals surface area contributed by atoms with Crippen LogP contribution in [-0.4, -0.2) is 79.5 Å². The van der Waals surface area contributed by atoms with Crippen LogP contribution in [-0.2, 0) is 41.7 Å². The molecule has 0 spiro atoms. The molecule has 230 valence electrons. The average molecular weight is 587 g/mol. The highest BCUT2D eigenvalue weighted by atomic mass is 16.5. The number of anilines is 1. The monoisotopic (exact) mass is 586 g/mol. The summed E-state index contributed by atoms with van der Waals surface area (Å²) >= 11 is 0. The van der Waals surface area contributed by atoms with Gasteiger partial charge in [0.25, 0.3) is 5.91 Å². The third kappa shape index (κ3) is 9.41. The van der Waals surface area contributed by atoms with Gasteiger partial charge in [-0.15, -0.1) is 0 Å². The quantitative estimate of drug-likeness (QED) is 0.200. The molecule has 1 amide bonds. The molecule has 3 N–H and O–H groups in total. The van der Waals surface area contributed by atoms with Gasteiger partial charge in [-0.1, -0.05) is 24.8 Å². The second kappa shape index (κ2) is 15.5. The molecule has 1 aromatic carbocycles. The molecule has 2 aromatic heterocycles. The van der Waals surface area contributed by atoms with Crippen molar-refractivity contribution in [3.8, 4) is 0 Å². The Labute approximate surface area is 245 Å². The third-order valence-corrected chi connectivity index (χ3v) is 5.94. The SMILES string of the molecule is C=CC(=O)OC(C)C(=O)C(C)O.CCOCc1nc2c(NC(=O)C(C)OCC)nc3ccccc3c2n1CC(C)(C)O. The van der Waals surface area contributed by atoms with Crippen LogP contribution in [0.4, 0.5) is 5.82 Å². The molecule has 42 heavy (non-hydrogen) atoms. The Hall–Kier alpha value is -3.71. The van der Waals surface area contributed by atoms with Crippen LogP contribution in [0.25, 0.3) is 21.9 Å². The predicted octanol–water partition coefficient (Wildman–Crippen LogP) is 3.31. The fourth-order valence-electron chi connectivity index (χ4n) is 3.99. The minimum atomic E-state index is -1.11. The number of aliphatic hydroxyl groups is 2. The zero-order valence-corrected chi connectivity index (χ0v) is 25.3. The van der Waals surface area contributed by atoms with Gasteiger partial charge >= 0.3 is 5.97 Å². The summed E-state index contributed by atoms with van der Waals surface area (Å²) in [5.41, 5.74) is 1.12. The van der Waals surface area contributed by atoms with Gasteiger partial charge in [-0.3, -0.25) is 9.59 Å². The standard InChI is InChI=1S/C22H30N4O4.C8H12O4/c1-6-29-12-17-24-18-19(26(17)13-22(4,5)28)15-10-8-9-11-16(15)23-20(18)25-21(27)14(3)30-7-2;1-4-7(10)12-6(3)8(11)5(2)9/h8-11,14,28H,6-7,12-13H2,1-5H3,(H,23,25,27);4-6,9H,1H2,2-3H3. The van der Waals surface area contributed by atoms with E-state index in [1.54, 1.807) is 20.8 Å². The zero-order chi connectivity index (χ0) is 31.6. The van der Waals surface area contributed by atoms with E-state index < -0.39 is 35.7 Å². The second-order valence-electron chi connectivity index (χ2n) is 10.2. The van der Waals surface area contributed by atoms with Crippen LogP contribution in [0.2, 0.25) is 0 Å². The maximum atomic E-state index is 12.6. The van der Waals surface area contributed by atoms with Crippen LogP contribution in [0.15, 0.2) is 36.9 Å². The van der Waals surface area contributed by atoms with Crippen molar-refractivity contribution in [2.45, 2.75) is 85.5 Å². The van der Waals surface area contributed by atoms with E-state index in [-0.39, 0.29) is 5.91 Å². The van der Waals surface area contributed by atoms with Gasteiger partial charge in [0, 0.05) is 24.7 Å². The van der Waals surface area contributed by atoms with Crippen molar-refractivity contribution >= 4 is 45.4 Å². The number of esters is 1. The van der Waals surface area contributed by atoms with Gasteiger partial charge in [0.1, 0.15) is 30.2 Å². The van der Waals surface area contributed by atoms with Crippen molar-refractivity contribution < 1.29 is 38.8 Å². The number of aromatic nitrogens is 3. The minimum Gasteiger partial charge on any atom is -0.451 e. The molecule has 0 saturated heterocycles. The predicted molar refractivity (Wildman–Crippen MR) is 159 cm³/mol. The van der Waals surface area contributed by atoms with E-state index in [4.69, 9.17) is 19.6 Å². The highest BCUT2D eigenvalue weighted by Crippen LogP contribution is 2.31. The first-order chi connectivity index (χ1) is 19.7. The number of pyridine rings is 1. The Morgan fingerprint density at radius 3 is 2.33 bits per heavy atom. The Balaban J connectivity index is 0.000000435. The van der Waals surface area contributed by atoms with Crippen LogP contribution in [0.3, 0.4) is 0 Å². The van der Waals surface area contributed by atoms with Crippen molar-refractivity contribution in [2.75, 3.05) is 18.5 Å². The molecule has 0 aliphatic heterocycles. The number of fused-ring (bicyclic) bond motifs is 3. The van der Waals surface area contributed by atoms with E-state index >= 15 is 0 Å². The number of para-hydroxylation sites is 1. The molecular weight excluding hydrogens is 544 g/mol. The number of carbonyl (C=O) groups excluding carboxylic acids is 3. The van der Waals surface area contributed by atoms with E-state index in [0.717, 1.165) is 22.5 Å². The average Bonchev–Trinajstić information content (AvgIpc) is 3.28. The van der Waals surface area contributed by atoms with Crippen LogP contribution in [0.5, 0.6) is 0 Å². The van der Waals surface area contributed by atoms with Crippen molar-refractivity contribution in [3.05, 3.63) is 42.7 Å². The molecular formula is C30H42N4O8. The molecule has 0 aliphatic rings. The van der Waals surface area contributed by atoms with Crippen LogP contribution >= 0.6 is 0 Å². The molecule has 3 atom stereocenters. The number of hydrogen-bond donors (Lipinski definition) is 3. The summed E-state index contributed by atoms with van der Waals surface area (Å²) in [6, 6.07) is 7.68. The number of ketones is 1. The number of carbonyl (C=O) groups is 3. The van der Waals surface area contributed by atoms with E-state index in [9.17, 15) is 19.5 Å². The Morgan fingerprint density at radius 1 is 1.10 bits per heavy atom. The number of imidazole rings is 1. The number of nitrogens with one attached hydrogen (secondary N) is 1. The van der Waals surface area contributed by atoms with Crippen molar-refractivity contribution in [3.63, 3.8) is 0 Å². The Kier molecular flexibility index (Phi) is 12.7. The fraction of sp³-hybridized carbons (Fsp3) is 0.500. The Morgan fingerprint density at radius 2 is 1.76 bits per heavy atom. The summed E-state index contributed by atoms with van der Waals surface area (Å²) in [6.07, 6.45) is -1.68. The molecule has 3 rings (SSSR count). The van der Waals surface area contributed by atoms with Gasteiger partial charge in [-0.2, -0.15) is 0 Å². The zero-order valence-electron chi connectivity index (χ0n) is 25.3. The lowest BCUT2D eigenvalue weighted by Gasteiger charge is -2.21. The second-order valence-corrected chi connectivity index (χ2v) is 10.2. The smallest absolute Gasteiger partial charge is 0.330 e. The maximum Gasteiger partial charge on any atom is 0.330 e. The summed E-state index contributed by atoms with van der Waals surface area (Å²) in [4.78, 5) is 43.5. The third-order valence-electron chi connectivity index (χ3n) is 5.94. The minimum absolute atomic E-state index is 0.288. The molecule has 12 nitrogen and oxygen atoms in total. The maximum absolute atomic E-state index is 12.6. The highest BCUT2D eigenvalue weighted by Gasteiger charge is 2.25. The molecule has 3 aromatic rings. The molecule has 0 saturated carbocycles. The van der Waals surface area contributed by atoms with Gasteiger partial charge in [0.15, 0.2) is 11.9 Å². The van der Waals surface area contributed by atoms with Gasteiger partial charge in [0.05, 0.1) is 23.2 Å². The molecule has 0 bridgehead atoms. The van der Waals surface area contributed by atoms with Crippen molar-refractivity contribution in [1.29, 1.82) is 0 Å². The summed E-state index contributed by atoms with van der Waals surface area (Å²) in [5, 5.41) is 23.1. The van der Waals surface area contributed by atoms with Gasteiger partial charge in [0.2, 0.25) is 5.78 Å². The summed E-state index contributed by atoms with van der Waals surface area (Å²) < 4.78 is 17.5. The number of nitrogens with zero attached hydrogens (tertiary/aromatic N) is 3. The summed E-state index contributed by atoms with van der Waals surface area (Å²) in [6.45, 7) is 16.4. The van der Waals surface area contributed by atoms with E-state index in [1.807, 2.05) is 42.7 Å². The summed E-state index contributed by atoms with van der Waals surface area (Å²) in [5.74, 6) is -0.445. The lowest BCUT2D eigenvalue weighted by molar-refractivity contribution is -0.152. The lowest BCUT2D eigenvalue weighted by Crippen LogP contribution is -2.31. The van der Waals surface area contributed by atoms with E-state index in [0.29, 0.717) is 43.5 Å². The Bertz CT molecular complexity index is 1390. The molecule has 2 heterocycles. The number of amides is 1. The van der Waals surface area contributed by atoms with Gasteiger partial charge in [-0.25, -0.2) is 14.8 Å². The largest absolute Gasteiger partial charge is 0.451 e. The van der Waals surface area contributed by atoms with Crippen LogP contribution in [0, 0.1) is 0 Å². The van der Waals surface area contributed by atoms with E-state index in [1.165, 1.54) is 13.8 Å². The fourth-order valence-corrected chi connectivity index (χ4v) is 3.99. The molecule has 0 aliphatic carbocycles. The first-order valence-corrected chi connectivity index (χ1v) is 13.8. The van der Waals surface area contributed by atoms with Gasteiger partial charge < -0.3 is 34.3 Å². The van der Waals surface area contributed by atoms with Crippen molar-refractivity contribution in [2.24, 2.45) is 0 Å². The highest BCUT2D eigenvalue weighted by molar-refractivity contribution is 6.10. The van der Waals surface area contributed by atoms with Gasteiger partial charge in [-0.05, 0) is 54.5 Å². The molecule has 12 heteroatoms. The molecule has 3 unspecified atom stereocenters. The first kappa shape index (κ1) is 34.5. The normalized spacial score (nSPS) is 13.5. The number of benzene rings is 1. The topological polar surface area (TPSA) is 162 Å². The number of ether oxygens (including phenoxy) is 3. The number of hydrogen-bond acceptors (Lipinski definition) is 10. The number of Topliss-reactive ketones (excluding diaryl/α,β-unsaturated/α-hetero) is 1. The molecule has 0 radical (unpaired) electrons. The first-order valence-electron chi connectivity index (χ1n) is 13.8. The summed E-state index contributed by atoms with van der Waals surface area (Å²) in [7, 11) is 0. The molecule has 0 fully saturated rings. The number of rotatable bonds is 13. The van der Waals surface area contributed by atoms with Crippen LogP contribution in [0.1, 0.15) is 54.3 Å². The van der Waals surface area contributed by atoms with Crippen LogP contribution < -0.4 is 5.32 Å². The van der Waals surface area contributed by atoms with E-state index in [2.05, 4.69) is 21.6 Å². The lowest BCUT2D eigenvalue weighted by atomic mass is 10.1. The van der Waals surface area contributed by atoms with Crippen molar-refractivity contribution in [1.82, 2.24) is 14.5 Å². The number of aliphatic hydroxyl groups excluding tert-OH is 1.